The van der Waals surface area contributed by atoms with Gasteiger partial charge in [-0.2, -0.15) is 0 Å². The lowest BCUT2D eigenvalue weighted by atomic mass is 9.86. The van der Waals surface area contributed by atoms with E-state index in [1.54, 1.807) is 6.20 Å². The maximum atomic E-state index is 5.74. The molecule has 0 saturated heterocycles. The summed E-state index contributed by atoms with van der Waals surface area (Å²) in [6, 6.07) is 6.33. The van der Waals surface area contributed by atoms with Crippen molar-refractivity contribution in [3.8, 4) is 17.1 Å². The summed E-state index contributed by atoms with van der Waals surface area (Å²) >= 11 is 0. The fourth-order valence-corrected chi connectivity index (χ4v) is 1.87. The van der Waals surface area contributed by atoms with E-state index >= 15 is 0 Å². The number of nitrogens with zero attached hydrogens (tertiary/aromatic N) is 1. The molecular weight excluding hydrogens is 224 g/mol. The molecule has 0 spiro atoms. The SMILES string of the molecule is CCOc1cc(C(C)(C)C)ccc1-c1ncc[nH]1. The highest BCUT2D eigenvalue weighted by Gasteiger charge is 2.17. The zero-order valence-corrected chi connectivity index (χ0v) is 11.4. The highest BCUT2D eigenvalue weighted by atomic mass is 16.5. The Kier molecular flexibility index (Phi) is 3.41. The Labute approximate surface area is 108 Å². The molecule has 2 rings (SSSR count). The third kappa shape index (κ3) is 2.55. The number of nitrogens with one attached hydrogen (secondary N) is 1. The predicted octanol–water partition coefficient (Wildman–Crippen LogP) is 3.77. The minimum Gasteiger partial charge on any atom is -0.493 e. The van der Waals surface area contributed by atoms with Gasteiger partial charge < -0.3 is 9.72 Å². The average molecular weight is 244 g/mol. The zero-order chi connectivity index (χ0) is 13.2. The van der Waals surface area contributed by atoms with Gasteiger partial charge in [-0.25, -0.2) is 4.98 Å². The number of hydrogen-bond acceptors (Lipinski definition) is 2. The van der Waals surface area contributed by atoms with Gasteiger partial charge in [-0.1, -0.05) is 26.8 Å². The molecule has 1 heterocycles. The smallest absolute Gasteiger partial charge is 0.141 e. The van der Waals surface area contributed by atoms with Crippen LogP contribution in [0.1, 0.15) is 33.3 Å². The Balaban J connectivity index is 2.48. The molecule has 3 heteroatoms. The van der Waals surface area contributed by atoms with Gasteiger partial charge in [0.1, 0.15) is 11.6 Å². The van der Waals surface area contributed by atoms with Crippen molar-refractivity contribution >= 4 is 0 Å². The Morgan fingerprint density at radius 1 is 1.28 bits per heavy atom. The van der Waals surface area contributed by atoms with Gasteiger partial charge in [0.2, 0.25) is 0 Å². The zero-order valence-electron chi connectivity index (χ0n) is 11.4. The first-order chi connectivity index (χ1) is 8.52. The van der Waals surface area contributed by atoms with Crippen LogP contribution in [0.5, 0.6) is 5.75 Å². The fraction of sp³-hybridized carbons (Fsp3) is 0.400. The number of H-pyrrole nitrogens is 1. The summed E-state index contributed by atoms with van der Waals surface area (Å²) in [6.07, 6.45) is 3.57. The molecule has 1 N–H and O–H groups in total. The average Bonchev–Trinajstić information content (AvgIpc) is 2.81. The van der Waals surface area contributed by atoms with Gasteiger partial charge in [-0.15, -0.1) is 0 Å². The van der Waals surface area contributed by atoms with Crippen LogP contribution in [0.25, 0.3) is 11.4 Å². The van der Waals surface area contributed by atoms with Crippen LogP contribution < -0.4 is 4.74 Å². The van der Waals surface area contributed by atoms with Gasteiger partial charge in [0.25, 0.3) is 0 Å². The van der Waals surface area contributed by atoms with Crippen molar-refractivity contribution in [3.63, 3.8) is 0 Å². The van der Waals surface area contributed by atoms with Gasteiger partial charge in [0.05, 0.1) is 12.2 Å². The second kappa shape index (κ2) is 4.84. The molecule has 2 aromatic rings. The molecule has 0 radical (unpaired) electrons. The van der Waals surface area contributed by atoms with Crippen molar-refractivity contribution in [2.75, 3.05) is 6.61 Å². The lowest BCUT2D eigenvalue weighted by Gasteiger charge is -2.21. The monoisotopic (exact) mass is 244 g/mol. The molecule has 0 saturated carbocycles. The van der Waals surface area contributed by atoms with Crippen LogP contribution >= 0.6 is 0 Å². The van der Waals surface area contributed by atoms with Crippen molar-refractivity contribution < 1.29 is 4.74 Å². The normalized spacial score (nSPS) is 11.6. The highest BCUT2D eigenvalue weighted by molar-refractivity contribution is 5.65. The first-order valence-electron chi connectivity index (χ1n) is 6.29. The van der Waals surface area contributed by atoms with Crippen molar-refractivity contribution in [3.05, 3.63) is 36.2 Å². The summed E-state index contributed by atoms with van der Waals surface area (Å²) in [5, 5.41) is 0. The summed E-state index contributed by atoms with van der Waals surface area (Å²) in [5.74, 6) is 1.73. The third-order valence-electron chi connectivity index (χ3n) is 2.90. The Morgan fingerprint density at radius 2 is 2.06 bits per heavy atom. The first-order valence-corrected chi connectivity index (χ1v) is 6.29. The van der Waals surface area contributed by atoms with Crippen LogP contribution in [-0.4, -0.2) is 16.6 Å². The molecule has 3 nitrogen and oxygen atoms in total. The standard InChI is InChI=1S/C15H20N2O/c1-5-18-13-10-11(15(2,3)4)6-7-12(13)14-16-8-9-17-14/h6-10H,5H2,1-4H3,(H,16,17). The molecule has 0 aliphatic rings. The number of benzene rings is 1. The fourth-order valence-electron chi connectivity index (χ4n) is 1.87. The lowest BCUT2D eigenvalue weighted by molar-refractivity contribution is 0.340. The third-order valence-corrected chi connectivity index (χ3v) is 2.90. The molecule has 1 aromatic heterocycles. The van der Waals surface area contributed by atoms with Crippen molar-refractivity contribution in [1.29, 1.82) is 0 Å². The van der Waals surface area contributed by atoms with Gasteiger partial charge in [0.15, 0.2) is 0 Å². The molecular formula is C15H20N2O. The lowest BCUT2D eigenvalue weighted by Crippen LogP contribution is -2.11. The van der Waals surface area contributed by atoms with Crippen LogP contribution in [0.15, 0.2) is 30.6 Å². The number of imidazole rings is 1. The maximum Gasteiger partial charge on any atom is 0.141 e. The van der Waals surface area contributed by atoms with Crippen molar-refractivity contribution in [1.82, 2.24) is 9.97 Å². The van der Waals surface area contributed by atoms with Gasteiger partial charge >= 0.3 is 0 Å². The van der Waals surface area contributed by atoms with Crippen LogP contribution in [0.2, 0.25) is 0 Å². The summed E-state index contributed by atoms with van der Waals surface area (Å²) in [4.78, 5) is 7.41. The predicted molar refractivity (Wildman–Crippen MR) is 73.9 cm³/mol. The van der Waals surface area contributed by atoms with E-state index in [0.717, 1.165) is 17.1 Å². The van der Waals surface area contributed by atoms with Crippen molar-refractivity contribution in [2.24, 2.45) is 0 Å². The van der Waals surface area contributed by atoms with Crippen LogP contribution in [-0.2, 0) is 5.41 Å². The number of aromatic nitrogens is 2. The van der Waals surface area contributed by atoms with E-state index in [0.29, 0.717) is 6.61 Å². The minimum absolute atomic E-state index is 0.119. The Bertz CT molecular complexity index is 510. The molecule has 0 aliphatic carbocycles. The van der Waals surface area contributed by atoms with Crippen LogP contribution in [0.3, 0.4) is 0 Å². The molecule has 0 aliphatic heterocycles. The summed E-state index contributed by atoms with van der Waals surface area (Å²) in [6.45, 7) is 9.25. The van der Waals surface area contributed by atoms with Gasteiger partial charge in [-0.05, 0) is 30.0 Å². The topological polar surface area (TPSA) is 37.9 Å². The number of hydrogen-bond donors (Lipinski definition) is 1. The van der Waals surface area contributed by atoms with E-state index in [-0.39, 0.29) is 5.41 Å². The van der Waals surface area contributed by atoms with E-state index in [9.17, 15) is 0 Å². The first kappa shape index (κ1) is 12.7. The summed E-state index contributed by atoms with van der Waals surface area (Å²) in [7, 11) is 0. The molecule has 0 fully saturated rings. The van der Waals surface area contributed by atoms with Gasteiger partial charge in [0, 0.05) is 12.4 Å². The molecule has 0 unspecified atom stereocenters. The second-order valence-electron chi connectivity index (χ2n) is 5.33. The largest absolute Gasteiger partial charge is 0.493 e. The highest BCUT2D eigenvalue weighted by Crippen LogP contribution is 2.33. The minimum atomic E-state index is 0.119. The second-order valence-corrected chi connectivity index (χ2v) is 5.33. The van der Waals surface area contributed by atoms with E-state index in [1.807, 2.05) is 13.1 Å². The molecule has 0 amide bonds. The summed E-state index contributed by atoms with van der Waals surface area (Å²) in [5.41, 5.74) is 2.39. The maximum absolute atomic E-state index is 5.74. The molecule has 18 heavy (non-hydrogen) atoms. The Morgan fingerprint density at radius 3 is 2.61 bits per heavy atom. The van der Waals surface area contributed by atoms with Crippen LogP contribution in [0.4, 0.5) is 0 Å². The van der Waals surface area contributed by atoms with E-state index in [2.05, 4.69) is 48.9 Å². The van der Waals surface area contributed by atoms with E-state index in [1.165, 1.54) is 5.56 Å². The molecule has 0 atom stereocenters. The molecule has 96 valence electrons. The molecule has 1 aromatic carbocycles. The number of aromatic amines is 1. The number of rotatable bonds is 3. The quantitative estimate of drug-likeness (QED) is 0.892. The van der Waals surface area contributed by atoms with Crippen molar-refractivity contribution in [2.45, 2.75) is 33.1 Å². The van der Waals surface area contributed by atoms with Crippen LogP contribution in [0, 0.1) is 0 Å². The van der Waals surface area contributed by atoms with E-state index < -0.39 is 0 Å². The summed E-state index contributed by atoms with van der Waals surface area (Å²) < 4.78 is 5.74. The molecule has 0 bridgehead atoms. The Hall–Kier alpha value is -1.77. The number of ether oxygens (including phenoxy) is 1. The van der Waals surface area contributed by atoms with E-state index in [4.69, 9.17) is 4.74 Å². The van der Waals surface area contributed by atoms with Gasteiger partial charge in [-0.3, -0.25) is 0 Å².